The highest BCUT2D eigenvalue weighted by molar-refractivity contribution is 5.83. The van der Waals surface area contributed by atoms with Crippen LogP contribution in [-0.4, -0.2) is 60.0 Å². The maximum Gasteiger partial charge on any atom is 0.393 e. The molecule has 2 N–H and O–H groups in total. The van der Waals surface area contributed by atoms with Crippen LogP contribution >= 0.6 is 0 Å². The van der Waals surface area contributed by atoms with E-state index in [2.05, 4.69) is 0 Å². The number of primary amides is 1. The van der Waals surface area contributed by atoms with Crippen LogP contribution < -0.4 is 5.73 Å². The smallest absolute Gasteiger partial charge is 0.369 e. The van der Waals surface area contributed by atoms with Crippen LogP contribution in [0.5, 0.6) is 0 Å². The fraction of sp³-hybridized carbons (Fsp3) is 0.867. The van der Waals surface area contributed by atoms with E-state index >= 15 is 0 Å². The van der Waals surface area contributed by atoms with Gasteiger partial charge < -0.3 is 10.6 Å². The molecule has 2 amide bonds. The fourth-order valence-corrected chi connectivity index (χ4v) is 3.46. The van der Waals surface area contributed by atoms with Crippen LogP contribution in [0.1, 0.15) is 32.6 Å². The molecule has 132 valence electrons. The van der Waals surface area contributed by atoms with E-state index in [0.29, 0.717) is 32.4 Å². The van der Waals surface area contributed by atoms with Gasteiger partial charge in [-0.15, -0.1) is 0 Å². The topological polar surface area (TPSA) is 66.6 Å². The quantitative estimate of drug-likeness (QED) is 0.847. The highest BCUT2D eigenvalue weighted by Crippen LogP contribution is 2.34. The van der Waals surface area contributed by atoms with Gasteiger partial charge in [-0.1, -0.05) is 0 Å². The van der Waals surface area contributed by atoms with Gasteiger partial charge in [-0.25, -0.2) is 0 Å². The molecule has 23 heavy (non-hydrogen) atoms. The lowest BCUT2D eigenvalue weighted by Gasteiger charge is -2.40. The van der Waals surface area contributed by atoms with E-state index in [1.807, 2.05) is 0 Å². The summed E-state index contributed by atoms with van der Waals surface area (Å²) in [5.74, 6) is -2.36. The third-order valence-corrected chi connectivity index (χ3v) is 4.96. The Hall–Kier alpha value is -1.31. The van der Waals surface area contributed by atoms with E-state index < -0.39 is 24.0 Å². The van der Waals surface area contributed by atoms with Crippen molar-refractivity contribution in [2.75, 3.05) is 26.2 Å². The Morgan fingerprint density at radius 3 is 2.39 bits per heavy atom. The lowest BCUT2D eigenvalue weighted by molar-refractivity contribution is -0.189. The molecule has 0 bridgehead atoms. The highest BCUT2D eigenvalue weighted by Gasteiger charge is 2.43. The summed E-state index contributed by atoms with van der Waals surface area (Å²) < 4.78 is 38.7. The van der Waals surface area contributed by atoms with Crippen molar-refractivity contribution in [2.24, 2.45) is 17.6 Å². The van der Waals surface area contributed by atoms with Gasteiger partial charge in [0.15, 0.2) is 0 Å². The van der Waals surface area contributed by atoms with E-state index in [1.54, 1.807) is 16.7 Å². The van der Waals surface area contributed by atoms with Crippen molar-refractivity contribution >= 4 is 11.8 Å². The molecule has 2 fully saturated rings. The van der Waals surface area contributed by atoms with Gasteiger partial charge in [0.05, 0.1) is 17.9 Å². The van der Waals surface area contributed by atoms with Crippen LogP contribution in [0.15, 0.2) is 0 Å². The molecule has 2 aliphatic heterocycles. The van der Waals surface area contributed by atoms with Crippen LogP contribution in [0.2, 0.25) is 0 Å². The standard InChI is InChI=1S/C15H24F3N3O2/c1-10(20-6-3-5-12(9-20)15(16,17)18)14(23)21-7-2-4-11(8-21)13(19)22/h10-12H,2-9H2,1H3,(H2,19,22)/t10-,11+,12-/m1/s1. The average Bonchev–Trinajstić information content (AvgIpc) is 2.53. The largest absolute Gasteiger partial charge is 0.393 e. The molecule has 8 heteroatoms. The van der Waals surface area contributed by atoms with Crippen LogP contribution in [0.4, 0.5) is 13.2 Å². The molecule has 0 unspecified atom stereocenters. The number of carbonyl (C=O) groups excluding carboxylic acids is 2. The van der Waals surface area contributed by atoms with Gasteiger partial charge in [-0.05, 0) is 39.2 Å². The summed E-state index contributed by atoms with van der Waals surface area (Å²) in [4.78, 5) is 27.0. The summed E-state index contributed by atoms with van der Waals surface area (Å²) in [6.45, 7) is 2.81. The minimum Gasteiger partial charge on any atom is -0.369 e. The number of hydrogen-bond donors (Lipinski definition) is 1. The molecule has 0 aromatic heterocycles. The van der Waals surface area contributed by atoms with Gasteiger partial charge in [0.25, 0.3) is 0 Å². The second-order valence-corrected chi connectivity index (χ2v) is 6.58. The normalized spacial score (nSPS) is 28.4. The molecule has 0 aromatic rings. The first kappa shape index (κ1) is 18.0. The van der Waals surface area contributed by atoms with Crippen LogP contribution in [0, 0.1) is 11.8 Å². The number of carbonyl (C=O) groups is 2. The Morgan fingerprint density at radius 2 is 1.78 bits per heavy atom. The molecule has 3 atom stereocenters. The van der Waals surface area contributed by atoms with Crippen molar-refractivity contribution in [1.29, 1.82) is 0 Å². The van der Waals surface area contributed by atoms with Gasteiger partial charge in [0.2, 0.25) is 11.8 Å². The minimum absolute atomic E-state index is 0.119. The van der Waals surface area contributed by atoms with Gasteiger partial charge in [0.1, 0.15) is 0 Å². The fourth-order valence-electron chi connectivity index (χ4n) is 3.46. The van der Waals surface area contributed by atoms with Crippen molar-refractivity contribution < 1.29 is 22.8 Å². The van der Waals surface area contributed by atoms with E-state index in [4.69, 9.17) is 5.73 Å². The molecule has 0 spiro atoms. The number of piperidine rings is 2. The average molecular weight is 335 g/mol. The number of likely N-dealkylation sites (tertiary alicyclic amines) is 2. The third-order valence-electron chi connectivity index (χ3n) is 4.96. The van der Waals surface area contributed by atoms with E-state index in [1.165, 1.54) is 0 Å². The molecule has 2 heterocycles. The monoisotopic (exact) mass is 335 g/mol. The molecule has 0 radical (unpaired) electrons. The Bertz CT molecular complexity index is 456. The third kappa shape index (κ3) is 4.37. The Balaban J connectivity index is 1.97. The zero-order valence-corrected chi connectivity index (χ0v) is 13.3. The molecule has 2 saturated heterocycles. The SMILES string of the molecule is C[C@H](C(=O)N1CCC[C@H](C(N)=O)C1)N1CCC[C@@H](C(F)(F)F)C1. The second kappa shape index (κ2) is 7.07. The number of nitrogens with zero attached hydrogens (tertiary/aromatic N) is 2. The summed E-state index contributed by atoms with van der Waals surface area (Å²) in [5, 5.41) is 0. The lowest BCUT2D eigenvalue weighted by atomic mass is 9.95. The maximum absolute atomic E-state index is 12.9. The number of alkyl halides is 3. The van der Waals surface area contributed by atoms with Crippen molar-refractivity contribution in [3.63, 3.8) is 0 Å². The Morgan fingerprint density at radius 1 is 1.13 bits per heavy atom. The zero-order chi connectivity index (χ0) is 17.2. The first-order valence-corrected chi connectivity index (χ1v) is 8.09. The molecular formula is C15H24F3N3O2. The predicted octanol–water partition coefficient (Wildman–Crippen LogP) is 1.37. The minimum atomic E-state index is -4.22. The van der Waals surface area contributed by atoms with Gasteiger partial charge in [0, 0.05) is 19.6 Å². The first-order chi connectivity index (χ1) is 10.7. The van der Waals surface area contributed by atoms with Crippen molar-refractivity contribution in [3.8, 4) is 0 Å². The van der Waals surface area contributed by atoms with Crippen LogP contribution in [0.3, 0.4) is 0 Å². The Kier molecular flexibility index (Phi) is 5.54. The van der Waals surface area contributed by atoms with Gasteiger partial charge >= 0.3 is 6.18 Å². The number of amides is 2. The molecule has 0 aliphatic carbocycles. The maximum atomic E-state index is 12.9. The number of rotatable bonds is 3. The summed E-state index contributed by atoms with van der Waals surface area (Å²) in [6.07, 6.45) is -2.31. The molecule has 2 aliphatic rings. The van der Waals surface area contributed by atoms with Gasteiger partial charge in [-0.3, -0.25) is 14.5 Å². The molecule has 0 aromatic carbocycles. The van der Waals surface area contributed by atoms with Crippen molar-refractivity contribution in [3.05, 3.63) is 0 Å². The van der Waals surface area contributed by atoms with Crippen molar-refractivity contribution in [2.45, 2.75) is 44.8 Å². The van der Waals surface area contributed by atoms with E-state index in [9.17, 15) is 22.8 Å². The van der Waals surface area contributed by atoms with Crippen molar-refractivity contribution in [1.82, 2.24) is 9.80 Å². The number of nitrogens with two attached hydrogens (primary N) is 1. The molecule has 5 nitrogen and oxygen atoms in total. The zero-order valence-electron chi connectivity index (χ0n) is 13.3. The number of hydrogen-bond acceptors (Lipinski definition) is 3. The molecule has 2 rings (SSSR count). The summed E-state index contributed by atoms with van der Waals surface area (Å²) in [6, 6.07) is -0.605. The van der Waals surface area contributed by atoms with Gasteiger partial charge in [-0.2, -0.15) is 13.2 Å². The summed E-state index contributed by atoms with van der Waals surface area (Å²) in [5.41, 5.74) is 5.30. The summed E-state index contributed by atoms with van der Waals surface area (Å²) in [7, 11) is 0. The number of halogens is 3. The van der Waals surface area contributed by atoms with E-state index in [-0.39, 0.29) is 31.3 Å². The first-order valence-electron chi connectivity index (χ1n) is 8.09. The molecular weight excluding hydrogens is 311 g/mol. The van der Waals surface area contributed by atoms with E-state index in [0.717, 1.165) is 0 Å². The highest BCUT2D eigenvalue weighted by atomic mass is 19.4. The summed E-state index contributed by atoms with van der Waals surface area (Å²) >= 11 is 0. The van der Waals surface area contributed by atoms with Crippen LogP contribution in [-0.2, 0) is 9.59 Å². The molecule has 0 saturated carbocycles. The second-order valence-electron chi connectivity index (χ2n) is 6.58. The Labute approximate surface area is 134 Å². The predicted molar refractivity (Wildman–Crippen MR) is 78.3 cm³/mol. The lowest BCUT2D eigenvalue weighted by Crippen LogP contribution is -2.54. The van der Waals surface area contributed by atoms with Crippen LogP contribution in [0.25, 0.3) is 0 Å².